The first-order valence-electron chi connectivity index (χ1n) is 4.05. The predicted octanol–water partition coefficient (Wildman–Crippen LogP) is 2.83. The third-order valence-corrected chi connectivity index (χ3v) is 3.65. The number of rotatable bonds is 0. The van der Waals surface area contributed by atoms with Crippen LogP contribution < -0.4 is 0 Å². The molecule has 0 aromatic carbocycles. The van der Waals surface area contributed by atoms with E-state index < -0.39 is 0 Å². The Morgan fingerprint density at radius 2 is 1.89 bits per heavy atom. The van der Waals surface area contributed by atoms with Gasteiger partial charge in [0.25, 0.3) is 0 Å². The minimum absolute atomic E-state index is 0.701. The molecule has 0 heteroatoms. The molecule has 0 spiro atoms. The van der Waals surface area contributed by atoms with E-state index in [1.165, 1.54) is 19.3 Å². The van der Waals surface area contributed by atoms with Gasteiger partial charge in [-0.3, -0.25) is 0 Å². The van der Waals surface area contributed by atoms with Crippen LogP contribution in [0.2, 0.25) is 0 Å². The van der Waals surface area contributed by atoms with Crippen molar-refractivity contribution in [3.8, 4) is 0 Å². The van der Waals surface area contributed by atoms with E-state index in [-0.39, 0.29) is 0 Å². The Bertz CT molecular complexity index is 137. The summed E-state index contributed by atoms with van der Waals surface area (Å²) in [4.78, 5) is 0. The first kappa shape index (κ1) is 5.76. The van der Waals surface area contributed by atoms with Crippen LogP contribution >= 0.6 is 0 Å². The van der Waals surface area contributed by atoms with Crippen LogP contribution in [0.4, 0.5) is 0 Å². The van der Waals surface area contributed by atoms with Crippen LogP contribution in [0.25, 0.3) is 0 Å². The van der Waals surface area contributed by atoms with Gasteiger partial charge in [-0.25, -0.2) is 0 Å². The first-order valence-corrected chi connectivity index (χ1v) is 4.05. The molecule has 1 unspecified atom stereocenters. The van der Waals surface area contributed by atoms with Gasteiger partial charge in [-0.1, -0.05) is 20.8 Å². The van der Waals surface area contributed by atoms with E-state index in [4.69, 9.17) is 0 Å². The molecular weight excluding hydrogens is 108 g/mol. The van der Waals surface area contributed by atoms with Crippen molar-refractivity contribution in [2.24, 2.45) is 16.7 Å². The molecule has 9 heavy (non-hydrogen) atoms. The van der Waals surface area contributed by atoms with Crippen molar-refractivity contribution in [3.63, 3.8) is 0 Å². The monoisotopic (exact) mass is 124 g/mol. The van der Waals surface area contributed by atoms with E-state index in [9.17, 15) is 0 Å². The molecule has 0 aliphatic heterocycles. The highest BCUT2D eigenvalue weighted by atomic mass is 14.6. The summed E-state index contributed by atoms with van der Waals surface area (Å²) < 4.78 is 0. The minimum atomic E-state index is 0.701. The van der Waals surface area contributed by atoms with Gasteiger partial charge in [0.15, 0.2) is 0 Å². The van der Waals surface area contributed by atoms with E-state index >= 15 is 0 Å². The fraction of sp³-hybridized carbons (Fsp3) is 1.00. The van der Waals surface area contributed by atoms with E-state index in [1.807, 2.05) is 0 Å². The van der Waals surface area contributed by atoms with Crippen molar-refractivity contribution in [2.75, 3.05) is 0 Å². The smallest absolute Gasteiger partial charge is 0.0287 e. The topological polar surface area (TPSA) is 0 Å². The van der Waals surface area contributed by atoms with Crippen molar-refractivity contribution in [2.45, 2.75) is 40.0 Å². The third-order valence-electron chi connectivity index (χ3n) is 3.65. The summed E-state index contributed by atoms with van der Waals surface area (Å²) in [5.74, 6) is 1.07. The molecule has 0 N–H and O–H groups in total. The lowest BCUT2D eigenvalue weighted by atomic mass is 9.38. The largest absolute Gasteiger partial charge is 0.0596 e. The van der Waals surface area contributed by atoms with Crippen molar-refractivity contribution >= 4 is 0 Å². The molecule has 0 aromatic rings. The molecule has 2 atom stereocenters. The molecule has 2 saturated carbocycles. The van der Waals surface area contributed by atoms with Gasteiger partial charge in [0, 0.05) is 0 Å². The van der Waals surface area contributed by atoms with Crippen LogP contribution in [0, 0.1) is 16.7 Å². The minimum Gasteiger partial charge on any atom is -0.0596 e. The second-order valence-corrected chi connectivity index (χ2v) is 4.91. The standard InChI is InChI=1S/C9H16/c1-8(2)6-9(3)5-4-7(8)9/h7H,4-6H2,1-3H3/t7-,9?/m1/s1. The molecular formula is C9H16. The normalized spacial score (nSPS) is 53.0. The van der Waals surface area contributed by atoms with Crippen molar-refractivity contribution in [3.05, 3.63) is 0 Å². The third kappa shape index (κ3) is 0.500. The van der Waals surface area contributed by atoms with Gasteiger partial charge in [0.1, 0.15) is 0 Å². The van der Waals surface area contributed by atoms with Gasteiger partial charge in [-0.05, 0) is 36.0 Å². The SMILES string of the molecule is CC1(C)CC2(C)CC[C@H]12. The summed E-state index contributed by atoms with van der Waals surface area (Å²) in [6.45, 7) is 7.28. The maximum Gasteiger partial charge on any atom is -0.0287 e. The van der Waals surface area contributed by atoms with Gasteiger partial charge in [0.05, 0.1) is 0 Å². The fourth-order valence-corrected chi connectivity index (χ4v) is 3.36. The molecule has 0 saturated heterocycles. The van der Waals surface area contributed by atoms with Crippen LogP contribution in [0.15, 0.2) is 0 Å². The Balaban J connectivity index is 2.14. The summed E-state index contributed by atoms with van der Waals surface area (Å²) in [7, 11) is 0. The molecule has 0 aromatic heterocycles. The van der Waals surface area contributed by atoms with Gasteiger partial charge < -0.3 is 0 Å². The van der Waals surface area contributed by atoms with E-state index in [1.54, 1.807) is 0 Å². The molecule has 2 aliphatic carbocycles. The molecule has 0 heterocycles. The molecule has 2 rings (SSSR count). The average Bonchev–Trinajstić information content (AvgIpc) is 1.60. The zero-order chi connectivity index (χ0) is 6.70. The first-order chi connectivity index (χ1) is 4.05. The van der Waals surface area contributed by atoms with Crippen LogP contribution in [0.1, 0.15) is 40.0 Å². The van der Waals surface area contributed by atoms with Crippen LogP contribution in [0.3, 0.4) is 0 Å². The van der Waals surface area contributed by atoms with E-state index in [0.717, 1.165) is 11.3 Å². The molecule has 0 nitrogen and oxygen atoms in total. The average molecular weight is 124 g/mol. The second kappa shape index (κ2) is 1.21. The summed E-state index contributed by atoms with van der Waals surface area (Å²) in [5, 5.41) is 0. The van der Waals surface area contributed by atoms with Gasteiger partial charge in [-0.15, -0.1) is 0 Å². The number of fused-ring (bicyclic) bond motifs is 1. The highest BCUT2D eigenvalue weighted by molar-refractivity contribution is 5.10. The maximum atomic E-state index is 2.45. The number of hydrogen-bond donors (Lipinski definition) is 0. The molecule has 0 radical (unpaired) electrons. The zero-order valence-corrected chi connectivity index (χ0v) is 6.70. The summed E-state index contributed by atoms with van der Waals surface area (Å²) in [5.41, 5.74) is 1.50. The van der Waals surface area contributed by atoms with Gasteiger partial charge in [0.2, 0.25) is 0 Å². The fourth-order valence-electron chi connectivity index (χ4n) is 3.36. The second-order valence-electron chi connectivity index (χ2n) is 4.91. The van der Waals surface area contributed by atoms with Crippen molar-refractivity contribution < 1.29 is 0 Å². The van der Waals surface area contributed by atoms with Crippen molar-refractivity contribution in [1.82, 2.24) is 0 Å². The zero-order valence-electron chi connectivity index (χ0n) is 6.70. The molecule has 2 fully saturated rings. The van der Waals surface area contributed by atoms with Crippen molar-refractivity contribution in [1.29, 1.82) is 0 Å². The Morgan fingerprint density at radius 3 is 1.89 bits per heavy atom. The Morgan fingerprint density at radius 1 is 1.22 bits per heavy atom. The van der Waals surface area contributed by atoms with E-state index in [2.05, 4.69) is 20.8 Å². The maximum absolute atomic E-state index is 2.45. The lowest BCUT2D eigenvalue weighted by molar-refractivity contribution is -0.172. The predicted molar refractivity (Wildman–Crippen MR) is 39.2 cm³/mol. The Labute approximate surface area is 57.6 Å². The quantitative estimate of drug-likeness (QED) is 0.466. The van der Waals surface area contributed by atoms with Gasteiger partial charge in [-0.2, -0.15) is 0 Å². The Kier molecular flexibility index (Phi) is 0.774. The summed E-state index contributed by atoms with van der Waals surface area (Å²) >= 11 is 0. The lowest BCUT2D eigenvalue weighted by Crippen LogP contribution is -2.58. The van der Waals surface area contributed by atoms with Crippen LogP contribution in [-0.4, -0.2) is 0 Å². The van der Waals surface area contributed by atoms with E-state index in [0.29, 0.717) is 5.41 Å². The Hall–Kier alpha value is 0. The highest BCUT2D eigenvalue weighted by Gasteiger charge is 2.60. The molecule has 0 bridgehead atoms. The van der Waals surface area contributed by atoms with Crippen LogP contribution in [-0.2, 0) is 0 Å². The lowest BCUT2D eigenvalue weighted by Gasteiger charge is -2.67. The summed E-state index contributed by atoms with van der Waals surface area (Å²) in [6, 6.07) is 0. The molecule has 2 aliphatic rings. The summed E-state index contributed by atoms with van der Waals surface area (Å²) in [6.07, 6.45) is 4.48. The molecule has 52 valence electrons. The molecule has 0 amide bonds. The van der Waals surface area contributed by atoms with Crippen LogP contribution in [0.5, 0.6) is 0 Å². The van der Waals surface area contributed by atoms with Gasteiger partial charge >= 0.3 is 0 Å². The highest BCUT2D eigenvalue weighted by Crippen LogP contribution is 2.69. The number of hydrogen-bond acceptors (Lipinski definition) is 0.